The molecule has 1 saturated heterocycles. The van der Waals surface area contributed by atoms with Crippen molar-refractivity contribution in [1.82, 2.24) is 10.2 Å². The van der Waals surface area contributed by atoms with E-state index in [0.717, 1.165) is 0 Å². The molecule has 1 fully saturated rings. The van der Waals surface area contributed by atoms with Gasteiger partial charge in [0.15, 0.2) is 0 Å². The molecule has 1 radical (unpaired) electrons. The van der Waals surface area contributed by atoms with Crippen LogP contribution in [0.4, 0.5) is 0 Å². The first-order chi connectivity index (χ1) is 10.9. The summed E-state index contributed by atoms with van der Waals surface area (Å²) in [4.78, 5) is 37.1. The van der Waals surface area contributed by atoms with E-state index in [1.165, 1.54) is 30.2 Å². The second-order valence-corrected chi connectivity index (χ2v) is 6.57. The Kier molecular flexibility index (Phi) is 5.56. The van der Waals surface area contributed by atoms with E-state index in [0.29, 0.717) is 22.4 Å². The number of aliphatic hydroxyl groups is 1. The van der Waals surface area contributed by atoms with Crippen molar-refractivity contribution in [3.63, 3.8) is 0 Å². The number of β-lactam (4-membered cyclic amide) rings is 1. The molecule has 0 aliphatic carbocycles. The van der Waals surface area contributed by atoms with Crippen molar-refractivity contribution >= 4 is 64.3 Å². The number of carboxylic acid groups (broad SMARTS) is 1. The van der Waals surface area contributed by atoms with Crippen molar-refractivity contribution in [2.75, 3.05) is 7.05 Å². The normalized spacial score (nSPS) is 23.3. The fourth-order valence-corrected chi connectivity index (χ4v) is 4.13. The van der Waals surface area contributed by atoms with E-state index in [2.05, 4.69) is 5.32 Å². The number of fused-ring (bicyclic) bond motifs is 1. The summed E-state index contributed by atoms with van der Waals surface area (Å²) >= 11 is 1.22. The molecule has 7 nitrogen and oxygen atoms in total. The molecule has 9 heteroatoms. The van der Waals surface area contributed by atoms with Gasteiger partial charge in [0.1, 0.15) is 5.70 Å². The number of carbonyl (C=O) groups excluding carboxylic acids is 2. The summed E-state index contributed by atoms with van der Waals surface area (Å²) in [5, 5.41) is 23.4. The van der Waals surface area contributed by atoms with Gasteiger partial charge in [-0.3, -0.25) is 9.59 Å². The third-order valence-electron chi connectivity index (χ3n) is 4.33. The van der Waals surface area contributed by atoms with Crippen LogP contribution in [0.5, 0.6) is 0 Å². The van der Waals surface area contributed by atoms with Crippen LogP contribution in [0.15, 0.2) is 17.1 Å². The molecule has 123 valence electrons. The monoisotopic (exact) mass is 359 g/mol. The number of carboxylic acids is 1. The van der Waals surface area contributed by atoms with Gasteiger partial charge in [0.05, 0.1) is 22.9 Å². The molecule has 0 unspecified atom stereocenters. The first-order valence-corrected chi connectivity index (χ1v) is 8.03. The molecule has 24 heavy (non-hydrogen) atoms. The van der Waals surface area contributed by atoms with Crippen molar-refractivity contribution in [2.24, 2.45) is 5.92 Å². The average molecular weight is 359 g/mol. The Labute approximate surface area is 164 Å². The second kappa shape index (κ2) is 6.97. The van der Waals surface area contributed by atoms with Gasteiger partial charge in [-0.15, -0.1) is 11.3 Å². The van der Waals surface area contributed by atoms with Crippen LogP contribution in [-0.2, 0) is 9.59 Å². The summed E-state index contributed by atoms with van der Waals surface area (Å²) in [6.07, 6.45) is -0.450. The van der Waals surface area contributed by atoms with Crippen LogP contribution in [-0.4, -0.2) is 81.6 Å². The van der Waals surface area contributed by atoms with E-state index in [1.54, 1.807) is 11.4 Å². The second-order valence-electron chi connectivity index (χ2n) is 5.66. The number of carbonyl (C=O) groups is 3. The number of rotatable bonds is 4. The van der Waals surface area contributed by atoms with E-state index in [9.17, 15) is 24.6 Å². The number of nitrogens with zero attached hydrogens (tertiary/aromatic N) is 1. The van der Waals surface area contributed by atoms with Gasteiger partial charge >= 0.3 is 5.97 Å². The Bertz CT molecular complexity index is 742. The molecule has 3 N–H and O–H groups in total. The van der Waals surface area contributed by atoms with Gasteiger partial charge in [-0.2, -0.15) is 0 Å². The maximum atomic E-state index is 12.1. The zero-order valence-corrected chi connectivity index (χ0v) is 16.4. The average Bonchev–Trinajstić information content (AvgIpc) is 3.08. The standard InChI is InChI=1S/C15H16N2O5S.Na/c1-6(18)11-9-4-8(12(15(21)22)17(9)14(11)20)7-3-10(23-5-7)13(19)16-2;/h3,5-6,9,11,18H,4H2,1-2H3,(H,16,19)(H,21,22);/t6-,9-,11-;/m1./s1. The minimum absolute atomic E-state index is 0. The number of hydrogen-bond acceptors (Lipinski definition) is 5. The van der Waals surface area contributed by atoms with Crippen molar-refractivity contribution in [3.8, 4) is 0 Å². The molecule has 3 heterocycles. The fourth-order valence-electron chi connectivity index (χ4n) is 3.26. The SMILES string of the molecule is CNC(=O)c1cc(C2=C(C(=O)O)N3C(=O)[C@H]([C@@H](C)O)[C@H]3C2)cs1.[Na]. The van der Waals surface area contributed by atoms with Crippen LogP contribution in [0.3, 0.4) is 0 Å². The minimum Gasteiger partial charge on any atom is -0.477 e. The van der Waals surface area contributed by atoms with Crippen molar-refractivity contribution in [2.45, 2.75) is 25.5 Å². The summed E-state index contributed by atoms with van der Waals surface area (Å²) in [5.41, 5.74) is 1.13. The van der Waals surface area contributed by atoms with E-state index in [4.69, 9.17) is 0 Å². The van der Waals surface area contributed by atoms with Gasteiger partial charge in [0, 0.05) is 36.6 Å². The summed E-state index contributed by atoms with van der Waals surface area (Å²) in [6.45, 7) is 1.53. The van der Waals surface area contributed by atoms with Gasteiger partial charge in [-0.05, 0) is 35.9 Å². The van der Waals surface area contributed by atoms with Gasteiger partial charge < -0.3 is 20.4 Å². The summed E-state index contributed by atoms with van der Waals surface area (Å²) in [5.74, 6) is -2.34. The van der Waals surface area contributed by atoms with Crippen LogP contribution in [0.2, 0.25) is 0 Å². The maximum Gasteiger partial charge on any atom is 0.352 e. The molecule has 3 atom stereocenters. The number of thiophene rings is 1. The van der Waals surface area contributed by atoms with E-state index in [-0.39, 0.29) is 53.1 Å². The Morgan fingerprint density at radius 2 is 2.12 bits per heavy atom. The van der Waals surface area contributed by atoms with E-state index < -0.39 is 18.0 Å². The molecular weight excluding hydrogens is 343 g/mol. The molecular formula is C15H16N2NaO5S. The number of nitrogens with one attached hydrogen (secondary N) is 1. The molecule has 2 aliphatic heterocycles. The minimum atomic E-state index is -1.17. The smallest absolute Gasteiger partial charge is 0.352 e. The summed E-state index contributed by atoms with van der Waals surface area (Å²) in [7, 11) is 1.52. The third-order valence-corrected chi connectivity index (χ3v) is 5.26. The van der Waals surface area contributed by atoms with Crippen LogP contribution < -0.4 is 5.32 Å². The number of amides is 2. The van der Waals surface area contributed by atoms with E-state index >= 15 is 0 Å². The van der Waals surface area contributed by atoms with Gasteiger partial charge in [0.25, 0.3) is 5.91 Å². The molecule has 1 aromatic heterocycles. The number of hydrogen-bond donors (Lipinski definition) is 3. The van der Waals surface area contributed by atoms with Crippen LogP contribution in [0.25, 0.3) is 5.57 Å². The number of aliphatic carboxylic acids is 1. The molecule has 0 bridgehead atoms. The molecule has 0 saturated carbocycles. The predicted molar refractivity (Wildman–Crippen MR) is 88.4 cm³/mol. The van der Waals surface area contributed by atoms with Crippen LogP contribution >= 0.6 is 11.3 Å². The Morgan fingerprint density at radius 3 is 2.67 bits per heavy atom. The molecule has 0 aromatic carbocycles. The third kappa shape index (κ3) is 2.82. The quantitative estimate of drug-likeness (QED) is 0.523. The molecule has 2 aliphatic rings. The first kappa shape index (κ1) is 19.1. The zero-order valence-electron chi connectivity index (χ0n) is 13.6. The molecule has 3 rings (SSSR count). The van der Waals surface area contributed by atoms with Crippen molar-refractivity contribution in [1.29, 1.82) is 0 Å². The molecule has 0 spiro atoms. The predicted octanol–water partition coefficient (Wildman–Crippen LogP) is 0.134. The largest absolute Gasteiger partial charge is 0.477 e. The summed E-state index contributed by atoms with van der Waals surface area (Å²) in [6, 6.07) is 1.31. The van der Waals surface area contributed by atoms with Crippen LogP contribution in [0, 0.1) is 5.92 Å². The van der Waals surface area contributed by atoms with E-state index in [1.807, 2.05) is 0 Å². The fraction of sp³-hybridized carbons (Fsp3) is 0.400. The maximum absolute atomic E-state index is 12.1. The Balaban J connectivity index is 0.00000208. The Morgan fingerprint density at radius 1 is 1.46 bits per heavy atom. The topological polar surface area (TPSA) is 107 Å². The van der Waals surface area contributed by atoms with Gasteiger partial charge in [-0.1, -0.05) is 0 Å². The van der Waals surface area contributed by atoms with Crippen molar-refractivity contribution in [3.05, 3.63) is 27.6 Å². The number of aliphatic hydroxyl groups excluding tert-OH is 1. The summed E-state index contributed by atoms with van der Waals surface area (Å²) < 4.78 is 0. The first-order valence-electron chi connectivity index (χ1n) is 7.15. The molecule has 2 amide bonds. The molecule has 1 aromatic rings. The van der Waals surface area contributed by atoms with Crippen LogP contribution in [0.1, 0.15) is 28.6 Å². The zero-order chi connectivity index (χ0) is 16.9. The van der Waals surface area contributed by atoms with Crippen molar-refractivity contribution < 1.29 is 24.6 Å². The Hall–Kier alpha value is -1.19. The van der Waals surface area contributed by atoms with Gasteiger partial charge in [0.2, 0.25) is 5.91 Å². The van der Waals surface area contributed by atoms with Gasteiger partial charge in [-0.25, -0.2) is 4.79 Å².